The van der Waals surface area contributed by atoms with Crippen LogP contribution in [0.3, 0.4) is 0 Å². The number of H-pyrrole nitrogens is 1. The van der Waals surface area contributed by atoms with Crippen molar-refractivity contribution in [2.45, 2.75) is 13.2 Å². The Bertz CT molecular complexity index is 704. The highest BCUT2D eigenvalue weighted by atomic mass is 19.1. The van der Waals surface area contributed by atoms with Crippen LogP contribution in [0.1, 0.15) is 11.4 Å². The molecule has 0 unspecified atom stereocenters. The molecule has 0 saturated carbocycles. The number of rotatable bonds is 3. The fourth-order valence-electron chi connectivity index (χ4n) is 2.26. The Hall–Kier alpha value is -2.20. The lowest BCUT2D eigenvalue weighted by Gasteiger charge is -2.01. The van der Waals surface area contributed by atoms with Gasteiger partial charge in [0.25, 0.3) is 5.82 Å². The summed E-state index contributed by atoms with van der Waals surface area (Å²) in [5.74, 6) is 0.501. The smallest absolute Gasteiger partial charge is 0.281 e. The number of aromatic amines is 1. The second kappa shape index (κ2) is 4.82. The highest BCUT2D eigenvalue weighted by molar-refractivity contribution is 5.71. The van der Waals surface area contributed by atoms with E-state index in [4.69, 9.17) is 0 Å². The number of nitrogens with one attached hydrogen (secondary N) is 1. The molecule has 0 fully saturated rings. The topological polar surface area (TPSA) is 39.9 Å². The maximum absolute atomic E-state index is 12.9. The van der Waals surface area contributed by atoms with Gasteiger partial charge in [-0.1, -0.05) is 24.3 Å². The van der Waals surface area contributed by atoms with Gasteiger partial charge in [-0.2, -0.15) is 0 Å². The number of fused-ring (bicyclic) bond motifs is 1. The zero-order valence-electron chi connectivity index (χ0n) is 10.3. The molecule has 0 aliphatic rings. The zero-order chi connectivity index (χ0) is 13.2. The number of halogens is 1. The van der Waals surface area contributed by atoms with Crippen molar-refractivity contribution in [3.8, 4) is 0 Å². The monoisotopic (exact) mass is 257 g/mol. The lowest BCUT2D eigenvalue weighted by atomic mass is 10.2. The van der Waals surface area contributed by atoms with Crippen molar-refractivity contribution in [2.75, 3.05) is 0 Å². The number of imidazole rings is 1. The highest BCUT2D eigenvalue weighted by Crippen LogP contribution is 2.11. The number of aliphatic hydroxyl groups is 1. The number of hydrogen-bond acceptors (Lipinski definition) is 1. The van der Waals surface area contributed by atoms with Gasteiger partial charge < -0.3 is 5.11 Å². The van der Waals surface area contributed by atoms with Crippen LogP contribution in [0.2, 0.25) is 0 Å². The number of hydrogen-bond donors (Lipinski definition) is 2. The molecule has 0 aliphatic heterocycles. The molecule has 96 valence electrons. The van der Waals surface area contributed by atoms with Crippen LogP contribution in [0, 0.1) is 5.82 Å². The van der Waals surface area contributed by atoms with Gasteiger partial charge in [-0.3, -0.25) is 0 Å². The molecule has 1 heterocycles. The summed E-state index contributed by atoms with van der Waals surface area (Å²) < 4.78 is 14.9. The zero-order valence-corrected chi connectivity index (χ0v) is 10.3. The number of aromatic nitrogens is 2. The van der Waals surface area contributed by atoms with Crippen LogP contribution >= 0.6 is 0 Å². The van der Waals surface area contributed by atoms with E-state index in [0.29, 0.717) is 6.54 Å². The van der Waals surface area contributed by atoms with Crippen molar-refractivity contribution < 1.29 is 14.1 Å². The predicted molar refractivity (Wildman–Crippen MR) is 69.9 cm³/mol. The summed E-state index contributed by atoms with van der Waals surface area (Å²) in [5.41, 5.74) is 3.00. The van der Waals surface area contributed by atoms with Crippen LogP contribution < -0.4 is 4.57 Å². The van der Waals surface area contributed by atoms with Gasteiger partial charge in [0, 0.05) is 0 Å². The highest BCUT2D eigenvalue weighted by Gasteiger charge is 2.17. The Balaban J connectivity index is 2.06. The van der Waals surface area contributed by atoms with Crippen LogP contribution in [-0.2, 0) is 13.2 Å². The Morgan fingerprint density at radius 2 is 1.79 bits per heavy atom. The molecule has 0 aliphatic carbocycles. The van der Waals surface area contributed by atoms with Gasteiger partial charge >= 0.3 is 0 Å². The normalized spacial score (nSPS) is 11.1. The van der Waals surface area contributed by atoms with E-state index in [9.17, 15) is 9.50 Å². The SMILES string of the molecule is OCc1[nH]c2ccccc2[n+]1Cc1ccc(F)cc1. The molecule has 19 heavy (non-hydrogen) atoms. The largest absolute Gasteiger partial charge is 0.384 e. The molecule has 0 atom stereocenters. The maximum Gasteiger partial charge on any atom is 0.281 e. The Labute approximate surface area is 109 Å². The lowest BCUT2D eigenvalue weighted by Crippen LogP contribution is -2.37. The second-order valence-electron chi connectivity index (χ2n) is 4.46. The molecule has 0 radical (unpaired) electrons. The minimum atomic E-state index is -0.241. The lowest BCUT2D eigenvalue weighted by molar-refractivity contribution is -0.672. The number of aliphatic hydroxyl groups excluding tert-OH is 1. The van der Waals surface area contributed by atoms with E-state index < -0.39 is 0 Å². The van der Waals surface area contributed by atoms with Crippen molar-refractivity contribution in [1.29, 1.82) is 0 Å². The molecule has 0 amide bonds. The summed E-state index contributed by atoms with van der Waals surface area (Å²) in [7, 11) is 0. The molecule has 0 spiro atoms. The Morgan fingerprint density at radius 1 is 1.05 bits per heavy atom. The molecular formula is C15H14FN2O+. The van der Waals surface area contributed by atoms with E-state index in [1.54, 1.807) is 12.1 Å². The number of benzene rings is 2. The van der Waals surface area contributed by atoms with E-state index in [2.05, 4.69) is 4.98 Å². The first-order valence-electron chi connectivity index (χ1n) is 6.12. The van der Waals surface area contributed by atoms with E-state index in [1.165, 1.54) is 12.1 Å². The Kier molecular flexibility index (Phi) is 3.01. The molecule has 3 aromatic rings. The van der Waals surface area contributed by atoms with Gasteiger partial charge in [-0.05, 0) is 29.8 Å². The average Bonchev–Trinajstić information content (AvgIpc) is 2.79. The number of para-hydroxylation sites is 2. The molecule has 3 nitrogen and oxygen atoms in total. The van der Waals surface area contributed by atoms with Gasteiger partial charge in [-0.25, -0.2) is 13.9 Å². The molecule has 2 aromatic carbocycles. The third kappa shape index (κ3) is 2.22. The number of nitrogens with zero attached hydrogens (tertiary/aromatic N) is 1. The molecular weight excluding hydrogens is 243 g/mol. The second-order valence-corrected chi connectivity index (χ2v) is 4.46. The van der Waals surface area contributed by atoms with Gasteiger partial charge in [0.1, 0.15) is 19.0 Å². The van der Waals surface area contributed by atoms with Gasteiger partial charge in [-0.15, -0.1) is 0 Å². The van der Waals surface area contributed by atoms with Crippen molar-refractivity contribution >= 4 is 11.0 Å². The third-order valence-electron chi connectivity index (χ3n) is 3.20. The molecule has 0 saturated heterocycles. The van der Waals surface area contributed by atoms with E-state index in [-0.39, 0.29) is 12.4 Å². The Morgan fingerprint density at radius 3 is 2.53 bits per heavy atom. The van der Waals surface area contributed by atoms with Crippen molar-refractivity contribution in [1.82, 2.24) is 4.98 Å². The first kappa shape index (κ1) is 11.9. The summed E-state index contributed by atoms with van der Waals surface area (Å²) in [4.78, 5) is 3.18. The van der Waals surface area contributed by atoms with Crippen LogP contribution in [0.5, 0.6) is 0 Å². The summed E-state index contributed by atoms with van der Waals surface area (Å²) >= 11 is 0. The summed E-state index contributed by atoms with van der Waals surface area (Å²) in [5, 5.41) is 9.43. The average molecular weight is 257 g/mol. The van der Waals surface area contributed by atoms with E-state index in [1.807, 2.05) is 28.8 Å². The summed E-state index contributed by atoms with van der Waals surface area (Å²) in [6.07, 6.45) is 0. The van der Waals surface area contributed by atoms with Gasteiger partial charge in [0.2, 0.25) is 0 Å². The van der Waals surface area contributed by atoms with E-state index in [0.717, 1.165) is 22.4 Å². The van der Waals surface area contributed by atoms with Gasteiger partial charge in [0.15, 0.2) is 11.0 Å². The van der Waals surface area contributed by atoms with Crippen LogP contribution in [0.25, 0.3) is 11.0 Å². The molecule has 0 bridgehead atoms. The fraction of sp³-hybridized carbons (Fsp3) is 0.133. The van der Waals surface area contributed by atoms with E-state index >= 15 is 0 Å². The van der Waals surface area contributed by atoms with Crippen molar-refractivity contribution in [3.05, 3.63) is 65.7 Å². The summed E-state index contributed by atoms with van der Waals surface area (Å²) in [6.45, 7) is 0.538. The van der Waals surface area contributed by atoms with Crippen LogP contribution in [-0.4, -0.2) is 10.1 Å². The van der Waals surface area contributed by atoms with Crippen molar-refractivity contribution in [2.24, 2.45) is 0 Å². The molecule has 1 aromatic heterocycles. The van der Waals surface area contributed by atoms with Crippen LogP contribution in [0.15, 0.2) is 48.5 Å². The molecule has 4 heteroatoms. The predicted octanol–water partition coefficient (Wildman–Crippen LogP) is 2.14. The minimum absolute atomic E-state index is 0.0596. The third-order valence-corrected chi connectivity index (χ3v) is 3.20. The first-order valence-corrected chi connectivity index (χ1v) is 6.12. The van der Waals surface area contributed by atoms with Crippen molar-refractivity contribution in [3.63, 3.8) is 0 Å². The first-order chi connectivity index (χ1) is 9.28. The maximum atomic E-state index is 12.9. The summed E-state index contributed by atoms with van der Waals surface area (Å²) in [6, 6.07) is 14.3. The fourth-order valence-corrected chi connectivity index (χ4v) is 2.26. The quantitative estimate of drug-likeness (QED) is 0.693. The molecule has 2 N–H and O–H groups in total. The van der Waals surface area contributed by atoms with Gasteiger partial charge in [0.05, 0.1) is 0 Å². The van der Waals surface area contributed by atoms with Crippen LogP contribution in [0.4, 0.5) is 4.39 Å². The molecule has 3 rings (SSSR count). The standard InChI is InChI=1S/C15H13FN2O/c16-12-7-5-11(6-8-12)9-18-14-4-2-1-3-13(14)17-15(18)10-19/h1-8,19H,9-10H2/p+1. The minimum Gasteiger partial charge on any atom is -0.384 e.